The van der Waals surface area contributed by atoms with Crippen molar-refractivity contribution in [2.45, 2.75) is 5.54 Å². The van der Waals surface area contributed by atoms with Gasteiger partial charge in [0, 0.05) is 23.7 Å². The predicted octanol–water partition coefficient (Wildman–Crippen LogP) is 2.85. The highest BCUT2D eigenvalue weighted by atomic mass is 32.1. The van der Waals surface area contributed by atoms with Gasteiger partial charge in [0.2, 0.25) is 0 Å². The molecule has 120 valence electrons. The Hall–Kier alpha value is -2.54. The third kappa shape index (κ3) is 2.41. The Morgan fingerprint density at radius 3 is 2.54 bits per heavy atom. The zero-order valence-corrected chi connectivity index (χ0v) is 13.8. The van der Waals surface area contributed by atoms with Crippen LogP contribution in [0.25, 0.3) is 21.6 Å². The fraction of sp³-hybridized carbons (Fsp3) is 0.111. The Kier molecular flexibility index (Phi) is 3.65. The lowest BCUT2D eigenvalue weighted by molar-refractivity contribution is 0.552. The molecular weight excluding hydrogens is 318 g/mol. The smallest absolute Gasteiger partial charge is 0.123 e. The van der Waals surface area contributed by atoms with Crippen molar-refractivity contribution >= 4 is 22.4 Å². The van der Waals surface area contributed by atoms with E-state index in [-0.39, 0.29) is 0 Å². The molecule has 1 unspecified atom stereocenters. The lowest BCUT2D eigenvalue weighted by Crippen LogP contribution is -2.45. The van der Waals surface area contributed by atoms with E-state index in [0.717, 1.165) is 32.7 Å². The van der Waals surface area contributed by atoms with Crippen LogP contribution in [0.1, 0.15) is 11.1 Å². The zero-order valence-electron chi connectivity index (χ0n) is 12.9. The molecule has 0 radical (unpaired) electrons. The second-order valence-corrected chi connectivity index (χ2v) is 6.62. The minimum absolute atomic E-state index is 0.309. The summed E-state index contributed by atoms with van der Waals surface area (Å²) in [6.07, 6.45) is 3.48. The van der Waals surface area contributed by atoms with Gasteiger partial charge in [0.1, 0.15) is 5.01 Å². The molecule has 6 heteroatoms. The van der Waals surface area contributed by atoms with E-state index in [2.05, 4.69) is 15.0 Å². The number of aromatic amines is 1. The Morgan fingerprint density at radius 1 is 1.04 bits per heavy atom. The second kappa shape index (κ2) is 5.83. The number of hydrogen-bond acceptors (Lipinski definition) is 5. The summed E-state index contributed by atoms with van der Waals surface area (Å²) in [6, 6.07) is 14.1. The SMILES string of the molecule is NCC(N)(c1ccc(-c2nccs2)cc1)c1ccc2nc[nH]c2c1. The lowest BCUT2D eigenvalue weighted by atomic mass is 9.83. The number of thiazole rings is 1. The number of imidazole rings is 1. The summed E-state index contributed by atoms with van der Waals surface area (Å²) >= 11 is 1.62. The molecule has 5 N–H and O–H groups in total. The van der Waals surface area contributed by atoms with Crippen molar-refractivity contribution in [3.63, 3.8) is 0 Å². The van der Waals surface area contributed by atoms with Crippen LogP contribution in [0.4, 0.5) is 0 Å². The van der Waals surface area contributed by atoms with E-state index in [4.69, 9.17) is 11.5 Å². The number of hydrogen-bond donors (Lipinski definition) is 3. The molecule has 0 aliphatic rings. The minimum atomic E-state index is -0.749. The van der Waals surface area contributed by atoms with Gasteiger partial charge in [-0.1, -0.05) is 30.3 Å². The highest BCUT2D eigenvalue weighted by Crippen LogP contribution is 2.30. The summed E-state index contributed by atoms with van der Waals surface area (Å²) in [5, 5.41) is 2.96. The maximum absolute atomic E-state index is 6.70. The van der Waals surface area contributed by atoms with Crippen molar-refractivity contribution in [3.8, 4) is 10.6 Å². The molecule has 2 heterocycles. The molecule has 4 aromatic rings. The number of fused-ring (bicyclic) bond motifs is 1. The van der Waals surface area contributed by atoms with Crippen LogP contribution in [-0.2, 0) is 5.54 Å². The van der Waals surface area contributed by atoms with Crippen LogP contribution < -0.4 is 11.5 Å². The normalized spacial score (nSPS) is 13.9. The average molecular weight is 335 g/mol. The Bertz CT molecular complexity index is 959. The topological polar surface area (TPSA) is 93.6 Å². The fourth-order valence-electron chi connectivity index (χ4n) is 2.89. The Balaban J connectivity index is 1.75. The fourth-order valence-corrected chi connectivity index (χ4v) is 3.54. The molecule has 0 saturated carbocycles. The van der Waals surface area contributed by atoms with Gasteiger partial charge in [-0.05, 0) is 23.3 Å². The molecule has 1 atom stereocenters. The largest absolute Gasteiger partial charge is 0.345 e. The van der Waals surface area contributed by atoms with E-state index in [1.165, 1.54) is 0 Å². The summed E-state index contributed by atoms with van der Waals surface area (Å²) in [6.45, 7) is 0.309. The van der Waals surface area contributed by atoms with Crippen molar-refractivity contribution < 1.29 is 0 Å². The van der Waals surface area contributed by atoms with Gasteiger partial charge in [-0.15, -0.1) is 11.3 Å². The quantitative estimate of drug-likeness (QED) is 0.534. The summed E-state index contributed by atoms with van der Waals surface area (Å²) in [5.41, 5.74) is 16.9. The van der Waals surface area contributed by atoms with Gasteiger partial charge >= 0.3 is 0 Å². The molecule has 24 heavy (non-hydrogen) atoms. The van der Waals surface area contributed by atoms with Gasteiger partial charge in [0.05, 0.1) is 22.9 Å². The van der Waals surface area contributed by atoms with Gasteiger partial charge in [-0.3, -0.25) is 0 Å². The number of aromatic nitrogens is 3. The van der Waals surface area contributed by atoms with Crippen LogP contribution in [0.3, 0.4) is 0 Å². The molecule has 0 amide bonds. The first kappa shape index (κ1) is 15.0. The summed E-state index contributed by atoms with van der Waals surface area (Å²) in [4.78, 5) is 11.7. The number of nitrogens with two attached hydrogens (primary N) is 2. The van der Waals surface area contributed by atoms with Crippen molar-refractivity contribution in [1.82, 2.24) is 15.0 Å². The van der Waals surface area contributed by atoms with Crippen LogP contribution >= 0.6 is 11.3 Å². The molecule has 0 fully saturated rings. The number of nitrogens with one attached hydrogen (secondary N) is 1. The van der Waals surface area contributed by atoms with Crippen molar-refractivity contribution in [2.75, 3.05) is 6.54 Å². The lowest BCUT2D eigenvalue weighted by Gasteiger charge is -2.29. The molecule has 4 rings (SSSR count). The van der Waals surface area contributed by atoms with Crippen LogP contribution in [0, 0.1) is 0 Å². The second-order valence-electron chi connectivity index (χ2n) is 5.72. The maximum Gasteiger partial charge on any atom is 0.123 e. The number of rotatable bonds is 4. The average Bonchev–Trinajstić information content (AvgIpc) is 3.32. The molecule has 2 aromatic heterocycles. The number of nitrogens with zero attached hydrogens (tertiary/aromatic N) is 2. The minimum Gasteiger partial charge on any atom is -0.345 e. The van der Waals surface area contributed by atoms with E-state index in [1.54, 1.807) is 23.9 Å². The zero-order chi connectivity index (χ0) is 16.6. The summed E-state index contributed by atoms with van der Waals surface area (Å²) in [7, 11) is 0. The molecule has 0 spiro atoms. The van der Waals surface area contributed by atoms with Crippen molar-refractivity contribution in [3.05, 3.63) is 71.5 Å². The first-order valence-electron chi connectivity index (χ1n) is 7.64. The Labute approximate surface area is 143 Å². The van der Waals surface area contributed by atoms with E-state index in [9.17, 15) is 0 Å². The first-order valence-corrected chi connectivity index (χ1v) is 8.51. The highest BCUT2D eigenvalue weighted by Gasteiger charge is 2.28. The first-order chi connectivity index (χ1) is 11.7. The van der Waals surface area contributed by atoms with Crippen LogP contribution in [-0.4, -0.2) is 21.5 Å². The molecule has 5 nitrogen and oxygen atoms in total. The van der Waals surface area contributed by atoms with Crippen molar-refractivity contribution in [1.29, 1.82) is 0 Å². The molecule has 0 aliphatic heterocycles. The van der Waals surface area contributed by atoms with Gasteiger partial charge in [-0.25, -0.2) is 9.97 Å². The summed E-state index contributed by atoms with van der Waals surface area (Å²) in [5.74, 6) is 0. The molecule has 0 aliphatic carbocycles. The molecule has 0 bridgehead atoms. The third-order valence-electron chi connectivity index (χ3n) is 4.34. The van der Waals surface area contributed by atoms with E-state index in [1.807, 2.05) is 47.8 Å². The number of benzene rings is 2. The van der Waals surface area contributed by atoms with E-state index in [0.29, 0.717) is 6.54 Å². The highest BCUT2D eigenvalue weighted by molar-refractivity contribution is 7.13. The van der Waals surface area contributed by atoms with Crippen LogP contribution in [0.5, 0.6) is 0 Å². The Morgan fingerprint density at radius 2 is 1.83 bits per heavy atom. The van der Waals surface area contributed by atoms with Gasteiger partial charge in [-0.2, -0.15) is 0 Å². The van der Waals surface area contributed by atoms with Crippen molar-refractivity contribution in [2.24, 2.45) is 11.5 Å². The van der Waals surface area contributed by atoms with Gasteiger partial charge in [0.25, 0.3) is 0 Å². The number of H-pyrrole nitrogens is 1. The monoisotopic (exact) mass is 335 g/mol. The summed E-state index contributed by atoms with van der Waals surface area (Å²) < 4.78 is 0. The van der Waals surface area contributed by atoms with E-state index < -0.39 is 5.54 Å². The van der Waals surface area contributed by atoms with Crippen LogP contribution in [0.2, 0.25) is 0 Å². The molecular formula is C18H17N5S. The maximum atomic E-state index is 6.70. The predicted molar refractivity (Wildman–Crippen MR) is 97.7 cm³/mol. The molecule has 0 saturated heterocycles. The van der Waals surface area contributed by atoms with E-state index >= 15 is 0 Å². The van der Waals surface area contributed by atoms with Crippen LogP contribution in [0.15, 0.2) is 60.4 Å². The standard InChI is InChI=1S/C18H17N5S/c19-10-18(20,14-5-6-15-16(9-14)23-11-22-15)13-3-1-12(2-4-13)17-21-7-8-24-17/h1-9,11H,10,19-20H2,(H,22,23). The van der Waals surface area contributed by atoms with Gasteiger partial charge in [0.15, 0.2) is 0 Å². The third-order valence-corrected chi connectivity index (χ3v) is 5.16. The van der Waals surface area contributed by atoms with Gasteiger partial charge < -0.3 is 16.5 Å². The molecule has 2 aromatic carbocycles.